The second-order valence-corrected chi connectivity index (χ2v) is 6.12. The molecule has 0 aliphatic carbocycles. The van der Waals surface area contributed by atoms with Gasteiger partial charge in [0.2, 0.25) is 0 Å². The molecule has 27 heavy (non-hydrogen) atoms. The van der Waals surface area contributed by atoms with Gasteiger partial charge in [0.15, 0.2) is 11.9 Å². The van der Waals surface area contributed by atoms with Crippen molar-refractivity contribution < 1.29 is 14.3 Å². The van der Waals surface area contributed by atoms with Crippen LogP contribution in [0.25, 0.3) is 0 Å². The molecule has 4 heteroatoms. The number of carbonyl (C=O) groups is 1. The molecule has 3 rings (SSSR count). The van der Waals surface area contributed by atoms with Gasteiger partial charge in [0.05, 0.1) is 5.69 Å². The third kappa shape index (κ3) is 4.88. The van der Waals surface area contributed by atoms with Crippen molar-refractivity contribution in [2.75, 3.05) is 5.32 Å². The average molecular weight is 361 g/mol. The van der Waals surface area contributed by atoms with Crippen LogP contribution in [0.1, 0.15) is 19.4 Å². The summed E-state index contributed by atoms with van der Waals surface area (Å²) in [5.41, 5.74) is 1.68. The van der Waals surface area contributed by atoms with Gasteiger partial charge in [-0.25, -0.2) is 0 Å². The van der Waals surface area contributed by atoms with E-state index in [0.29, 0.717) is 17.2 Å². The first-order valence-corrected chi connectivity index (χ1v) is 9.04. The lowest BCUT2D eigenvalue weighted by Gasteiger charge is -2.18. The van der Waals surface area contributed by atoms with Crippen molar-refractivity contribution in [3.8, 4) is 17.2 Å². The Hall–Kier alpha value is -3.27. The van der Waals surface area contributed by atoms with Gasteiger partial charge in [-0.3, -0.25) is 4.79 Å². The number of anilines is 1. The van der Waals surface area contributed by atoms with Crippen molar-refractivity contribution in [1.29, 1.82) is 0 Å². The SMILES string of the molecule is CCc1ccccc1OC(C)C(=O)Nc1ccccc1Oc1ccccc1. The Kier molecular flexibility index (Phi) is 6.10. The second kappa shape index (κ2) is 8.90. The average Bonchev–Trinajstić information content (AvgIpc) is 2.70. The molecular formula is C23H23NO3. The summed E-state index contributed by atoms with van der Waals surface area (Å²) in [5, 5.41) is 2.90. The van der Waals surface area contributed by atoms with Crippen LogP contribution in [0.4, 0.5) is 5.69 Å². The van der Waals surface area contributed by atoms with Gasteiger partial charge >= 0.3 is 0 Å². The summed E-state index contributed by atoms with van der Waals surface area (Å²) in [5.74, 6) is 1.79. The lowest BCUT2D eigenvalue weighted by molar-refractivity contribution is -0.122. The molecule has 4 nitrogen and oxygen atoms in total. The highest BCUT2D eigenvalue weighted by atomic mass is 16.5. The smallest absolute Gasteiger partial charge is 0.265 e. The number of nitrogens with one attached hydrogen (secondary N) is 1. The third-order valence-corrected chi connectivity index (χ3v) is 4.14. The van der Waals surface area contributed by atoms with Crippen LogP contribution in [0, 0.1) is 0 Å². The molecule has 0 saturated carbocycles. The number of rotatable bonds is 7. The number of carbonyl (C=O) groups excluding carboxylic acids is 1. The van der Waals surface area contributed by atoms with E-state index in [-0.39, 0.29) is 5.91 Å². The largest absolute Gasteiger partial charge is 0.481 e. The van der Waals surface area contributed by atoms with Gasteiger partial charge in [-0.1, -0.05) is 55.5 Å². The Morgan fingerprint density at radius 3 is 2.26 bits per heavy atom. The number of ether oxygens (including phenoxy) is 2. The number of amides is 1. The van der Waals surface area contributed by atoms with E-state index >= 15 is 0 Å². The maximum atomic E-state index is 12.6. The van der Waals surface area contributed by atoms with Crippen molar-refractivity contribution in [2.45, 2.75) is 26.4 Å². The molecule has 0 bridgehead atoms. The van der Waals surface area contributed by atoms with E-state index in [1.807, 2.05) is 78.9 Å². The monoisotopic (exact) mass is 361 g/mol. The first-order valence-electron chi connectivity index (χ1n) is 9.04. The highest BCUT2D eigenvalue weighted by molar-refractivity contribution is 5.95. The van der Waals surface area contributed by atoms with Crippen molar-refractivity contribution in [3.05, 3.63) is 84.4 Å². The molecule has 1 atom stereocenters. The van der Waals surface area contributed by atoms with Crippen LogP contribution >= 0.6 is 0 Å². The van der Waals surface area contributed by atoms with Crippen LogP contribution in [0.15, 0.2) is 78.9 Å². The molecule has 1 unspecified atom stereocenters. The predicted molar refractivity (Wildman–Crippen MR) is 107 cm³/mol. The van der Waals surface area contributed by atoms with Gasteiger partial charge < -0.3 is 14.8 Å². The molecule has 0 radical (unpaired) electrons. The fourth-order valence-electron chi connectivity index (χ4n) is 2.66. The third-order valence-electron chi connectivity index (χ3n) is 4.14. The molecular weight excluding hydrogens is 338 g/mol. The van der Waals surface area contributed by atoms with E-state index in [1.54, 1.807) is 6.92 Å². The minimum atomic E-state index is -0.637. The zero-order valence-electron chi connectivity index (χ0n) is 15.5. The fraction of sp³-hybridized carbons (Fsp3) is 0.174. The molecule has 0 saturated heterocycles. The second-order valence-electron chi connectivity index (χ2n) is 6.12. The van der Waals surface area contributed by atoms with Gasteiger partial charge in [0, 0.05) is 0 Å². The fourth-order valence-corrected chi connectivity index (χ4v) is 2.66. The maximum absolute atomic E-state index is 12.6. The Balaban J connectivity index is 1.70. The van der Waals surface area contributed by atoms with E-state index < -0.39 is 6.10 Å². The standard InChI is InChI=1S/C23H23NO3/c1-3-18-11-7-9-15-21(18)26-17(2)23(25)24-20-14-8-10-16-22(20)27-19-12-5-4-6-13-19/h4-17H,3H2,1-2H3,(H,24,25). The maximum Gasteiger partial charge on any atom is 0.265 e. The quantitative estimate of drug-likeness (QED) is 0.609. The van der Waals surface area contributed by atoms with Crippen LogP contribution < -0.4 is 14.8 Å². The first-order chi connectivity index (χ1) is 13.2. The van der Waals surface area contributed by atoms with Gasteiger partial charge in [0.25, 0.3) is 5.91 Å². The molecule has 0 aliphatic rings. The lowest BCUT2D eigenvalue weighted by atomic mass is 10.1. The molecule has 1 amide bonds. The van der Waals surface area contributed by atoms with Gasteiger partial charge in [-0.2, -0.15) is 0 Å². The highest BCUT2D eigenvalue weighted by Gasteiger charge is 2.18. The summed E-state index contributed by atoms with van der Waals surface area (Å²) in [4.78, 5) is 12.6. The summed E-state index contributed by atoms with van der Waals surface area (Å²) in [6.45, 7) is 3.80. The predicted octanol–water partition coefficient (Wildman–Crippen LogP) is 5.45. The molecule has 1 N–H and O–H groups in total. The minimum Gasteiger partial charge on any atom is -0.481 e. The van der Waals surface area contributed by atoms with Crippen LogP contribution in [-0.4, -0.2) is 12.0 Å². The Morgan fingerprint density at radius 2 is 1.52 bits per heavy atom. The summed E-state index contributed by atoms with van der Waals surface area (Å²) in [6.07, 6.45) is 0.209. The zero-order valence-corrected chi connectivity index (χ0v) is 15.5. The molecule has 0 aliphatic heterocycles. The van der Waals surface area contributed by atoms with E-state index in [1.165, 1.54) is 0 Å². The molecule has 3 aromatic rings. The molecule has 138 valence electrons. The minimum absolute atomic E-state index is 0.231. The number of aryl methyl sites for hydroxylation is 1. The van der Waals surface area contributed by atoms with Crippen LogP contribution in [0.5, 0.6) is 17.2 Å². The summed E-state index contributed by atoms with van der Waals surface area (Å²) >= 11 is 0. The molecule has 0 fully saturated rings. The number of hydrogen-bond acceptors (Lipinski definition) is 3. The Bertz CT molecular complexity index is 893. The Morgan fingerprint density at radius 1 is 0.889 bits per heavy atom. The van der Waals surface area contributed by atoms with Crippen molar-refractivity contribution in [2.24, 2.45) is 0 Å². The van der Waals surface area contributed by atoms with Gasteiger partial charge in [0.1, 0.15) is 11.5 Å². The summed E-state index contributed by atoms with van der Waals surface area (Å²) < 4.78 is 11.8. The molecule has 3 aromatic carbocycles. The lowest BCUT2D eigenvalue weighted by Crippen LogP contribution is -2.30. The van der Waals surface area contributed by atoms with Crippen LogP contribution in [0.3, 0.4) is 0 Å². The number of hydrogen-bond donors (Lipinski definition) is 1. The van der Waals surface area contributed by atoms with Gasteiger partial charge in [-0.15, -0.1) is 0 Å². The van der Waals surface area contributed by atoms with Gasteiger partial charge in [-0.05, 0) is 49.2 Å². The van der Waals surface area contributed by atoms with Crippen molar-refractivity contribution in [1.82, 2.24) is 0 Å². The first kappa shape index (κ1) is 18.5. The highest BCUT2D eigenvalue weighted by Crippen LogP contribution is 2.29. The van der Waals surface area contributed by atoms with E-state index in [0.717, 1.165) is 17.7 Å². The van der Waals surface area contributed by atoms with Crippen LogP contribution in [0.2, 0.25) is 0 Å². The van der Waals surface area contributed by atoms with E-state index in [2.05, 4.69) is 12.2 Å². The van der Waals surface area contributed by atoms with Crippen molar-refractivity contribution >= 4 is 11.6 Å². The molecule has 0 aromatic heterocycles. The summed E-state index contributed by atoms with van der Waals surface area (Å²) in [6, 6.07) is 24.6. The Labute approximate surface area is 159 Å². The topological polar surface area (TPSA) is 47.6 Å². The van der Waals surface area contributed by atoms with Crippen LogP contribution in [-0.2, 0) is 11.2 Å². The number of para-hydroxylation sites is 4. The zero-order chi connectivity index (χ0) is 19.1. The van der Waals surface area contributed by atoms with E-state index in [4.69, 9.17) is 9.47 Å². The normalized spacial score (nSPS) is 11.5. The summed E-state index contributed by atoms with van der Waals surface area (Å²) in [7, 11) is 0. The molecule has 0 spiro atoms. The number of benzene rings is 3. The molecule has 0 heterocycles. The van der Waals surface area contributed by atoms with Crippen molar-refractivity contribution in [3.63, 3.8) is 0 Å². The van der Waals surface area contributed by atoms with E-state index in [9.17, 15) is 4.79 Å².